The minimum atomic E-state index is -3.96. The van der Waals surface area contributed by atoms with E-state index in [1.165, 1.54) is 18.2 Å². The van der Waals surface area contributed by atoms with E-state index in [0.717, 1.165) is 16.7 Å². The molecule has 5 rings (SSSR count). The maximum Gasteiger partial charge on any atom is 0.252 e. The van der Waals surface area contributed by atoms with Crippen molar-refractivity contribution in [3.8, 4) is 11.1 Å². The van der Waals surface area contributed by atoms with Crippen LogP contribution in [0.3, 0.4) is 0 Å². The highest BCUT2D eigenvalue weighted by molar-refractivity contribution is 7.91. The van der Waals surface area contributed by atoms with Gasteiger partial charge in [-0.15, -0.1) is 0 Å². The molecular formula is C27H21N3O3S2. The van der Waals surface area contributed by atoms with Crippen LogP contribution in [0.1, 0.15) is 15.9 Å². The molecule has 174 valence electrons. The highest BCUT2D eigenvalue weighted by Crippen LogP contribution is 2.30. The fraction of sp³-hybridized carbons (Fsp3) is 0.0370. The summed E-state index contributed by atoms with van der Waals surface area (Å²) in [5, 5.41) is 0. The van der Waals surface area contributed by atoms with Crippen molar-refractivity contribution >= 4 is 39.0 Å². The van der Waals surface area contributed by atoms with Crippen molar-refractivity contribution in [2.24, 2.45) is 5.73 Å². The summed E-state index contributed by atoms with van der Waals surface area (Å²) in [5.74, 6) is -0.847. The van der Waals surface area contributed by atoms with Gasteiger partial charge in [-0.1, -0.05) is 72.8 Å². The molecule has 1 heterocycles. The number of carbonyl (C=O) groups is 1. The molecule has 35 heavy (non-hydrogen) atoms. The van der Waals surface area contributed by atoms with E-state index in [0.29, 0.717) is 22.3 Å². The monoisotopic (exact) mass is 499 g/mol. The van der Waals surface area contributed by atoms with Crippen molar-refractivity contribution in [1.29, 1.82) is 0 Å². The lowest BCUT2D eigenvalue weighted by Gasteiger charge is -2.11. The average Bonchev–Trinajstić information content (AvgIpc) is 3.19. The standard InChI is InChI=1S/C27H21N3O3S2/c28-26(31)24-23(35(32,33)21-9-5-2-6-10-21)16-15-22-25(24)29-27(34)30(22)17-18-11-13-20(14-12-18)19-7-3-1-4-8-19/h1-16H,17H2,(H2,28,31)(H,29,34). The molecule has 0 spiro atoms. The predicted octanol–water partition coefficient (Wildman–Crippen LogP) is 5.35. The van der Waals surface area contributed by atoms with E-state index in [1.54, 1.807) is 24.3 Å². The second-order valence-corrected chi connectivity index (χ2v) is 10.4. The van der Waals surface area contributed by atoms with Crippen LogP contribution < -0.4 is 5.73 Å². The summed E-state index contributed by atoms with van der Waals surface area (Å²) in [6.45, 7) is 0.441. The van der Waals surface area contributed by atoms with Crippen molar-refractivity contribution in [2.45, 2.75) is 16.3 Å². The van der Waals surface area contributed by atoms with Crippen molar-refractivity contribution in [3.05, 3.63) is 113 Å². The van der Waals surface area contributed by atoms with E-state index in [2.05, 4.69) is 17.1 Å². The largest absolute Gasteiger partial charge is 0.365 e. The number of sulfone groups is 1. The third-order valence-corrected chi connectivity index (χ3v) is 8.04. The van der Waals surface area contributed by atoms with Crippen LogP contribution in [0.25, 0.3) is 22.2 Å². The van der Waals surface area contributed by atoms with E-state index in [4.69, 9.17) is 18.0 Å². The fourth-order valence-electron chi connectivity index (χ4n) is 4.18. The van der Waals surface area contributed by atoms with Gasteiger partial charge in [0.1, 0.15) is 0 Å². The summed E-state index contributed by atoms with van der Waals surface area (Å²) >= 11 is 5.54. The quantitative estimate of drug-likeness (QED) is 0.308. The first-order valence-corrected chi connectivity index (χ1v) is 12.8. The number of primary amides is 1. The van der Waals surface area contributed by atoms with E-state index in [9.17, 15) is 13.2 Å². The van der Waals surface area contributed by atoms with Crippen LogP contribution in [-0.4, -0.2) is 23.9 Å². The second kappa shape index (κ2) is 8.98. The van der Waals surface area contributed by atoms with Crippen LogP contribution in [0, 0.1) is 4.77 Å². The Hall–Kier alpha value is -4.01. The molecule has 0 unspecified atom stereocenters. The number of nitrogens with one attached hydrogen (secondary N) is 1. The normalized spacial score (nSPS) is 11.5. The number of nitrogens with zero attached hydrogens (tertiary/aromatic N) is 1. The van der Waals surface area contributed by atoms with Gasteiger partial charge in [-0.3, -0.25) is 4.79 Å². The number of benzene rings is 4. The number of aromatic amines is 1. The van der Waals surface area contributed by atoms with Gasteiger partial charge in [-0.05, 0) is 53.2 Å². The van der Waals surface area contributed by atoms with E-state index >= 15 is 0 Å². The van der Waals surface area contributed by atoms with Crippen LogP contribution in [0.15, 0.2) is 107 Å². The van der Waals surface area contributed by atoms with Gasteiger partial charge in [-0.2, -0.15) is 0 Å². The first kappa shape index (κ1) is 22.8. The number of hydrogen-bond donors (Lipinski definition) is 2. The van der Waals surface area contributed by atoms with Gasteiger partial charge < -0.3 is 15.3 Å². The summed E-state index contributed by atoms with van der Waals surface area (Å²) in [5.41, 5.74) is 9.71. The minimum absolute atomic E-state index is 0.0818. The third kappa shape index (κ3) is 4.18. The molecule has 0 fully saturated rings. The zero-order valence-corrected chi connectivity index (χ0v) is 20.1. The number of hydrogen-bond acceptors (Lipinski definition) is 4. The Morgan fingerprint density at radius 2 is 1.43 bits per heavy atom. The molecule has 0 atom stereocenters. The molecule has 0 aliphatic carbocycles. The smallest absolute Gasteiger partial charge is 0.252 e. The number of amides is 1. The summed E-state index contributed by atoms with van der Waals surface area (Å²) in [4.78, 5) is 15.4. The van der Waals surface area contributed by atoms with Crippen molar-refractivity contribution in [2.75, 3.05) is 0 Å². The highest BCUT2D eigenvalue weighted by atomic mass is 32.2. The lowest BCUT2D eigenvalue weighted by atomic mass is 10.0. The lowest BCUT2D eigenvalue weighted by Crippen LogP contribution is -2.17. The fourth-order valence-corrected chi connectivity index (χ4v) is 5.93. The van der Waals surface area contributed by atoms with E-state index in [1.807, 2.05) is 47.0 Å². The van der Waals surface area contributed by atoms with Crippen LogP contribution in [0.4, 0.5) is 0 Å². The van der Waals surface area contributed by atoms with Gasteiger partial charge in [0.15, 0.2) is 4.77 Å². The maximum atomic E-state index is 13.3. The molecule has 1 aromatic heterocycles. The molecule has 0 aliphatic heterocycles. The Balaban J connectivity index is 1.58. The number of carbonyl (C=O) groups excluding carboxylic acids is 1. The highest BCUT2D eigenvalue weighted by Gasteiger charge is 2.27. The summed E-state index contributed by atoms with van der Waals surface area (Å²) in [6.07, 6.45) is 0. The molecular weight excluding hydrogens is 478 g/mol. The van der Waals surface area contributed by atoms with Crippen molar-refractivity contribution in [3.63, 3.8) is 0 Å². The Morgan fingerprint density at radius 3 is 2.06 bits per heavy atom. The van der Waals surface area contributed by atoms with Gasteiger partial charge in [0.2, 0.25) is 9.84 Å². The van der Waals surface area contributed by atoms with Gasteiger partial charge in [0.25, 0.3) is 5.91 Å². The van der Waals surface area contributed by atoms with Gasteiger partial charge in [0.05, 0.1) is 32.9 Å². The molecule has 6 nitrogen and oxygen atoms in total. The molecule has 5 aromatic rings. The maximum absolute atomic E-state index is 13.3. The van der Waals surface area contributed by atoms with Gasteiger partial charge in [0, 0.05) is 0 Å². The third-order valence-electron chi connectivity index (χ3n) is 5.90. The Morgan fingerprint density at radius 1 is 0.829 bits per heavy atom. The molecule has 8 heteroatoms. The number of fused-ring (bicyclic) bond motifs is 1. The number of nitrogens with two attached hydrogens (primary N) is 1. The molecule has 0 saturated carbocycles. The van der Waals surface area contributed by atoms with Crippen LogP contribution in [-0.2, 0) is 16.4 Å². The summed E-state index contributed by atoms with van der Waals surface area (Å²) < 4.78 is 28.8. The van der Waals surface area contributed by atoms with Gasteiger partial charge >= 0.3 is 0 Å². The molecule has 4 aromatic carbocycles. The second-order valence-electron chi connectivity index (χ2n) is 8.09. The van der Waals surface area contributed by atoms with Crippen LogP contribution >= 0.6 is 12.2 Å². The molecule has 1 amide bonds. The summed E-state index contributed by atoms with van der Waals surface area (Å²) in [7, 11) is -3.96. The Labute approximate surface area is 207 Å². The topological polar surface area (TPSA) is 98.0 Å². The number of rotatable bonds is 6. The van der Waals surface area contributed by atoms with Crippen LogP contribution in [0.2, 0.25) is 0 Å². The average molecular weight is 500 g/mol. The number of imidazole rings is 1. The number of H-pyrrole nitrogens is 1. The van der Waals surface area contributed by atoms with Crippen molar-refractivity contribution in [1.82, 2.24) is 9.55 Å². The zero-order chi connectivity index (χ0) is 24.6. The SMILES string of the molecule is NC(=O)c1c(S(=O)(=O)c2ccccc2)ccc2c1[nH]c(=S)n2Cc1ccc(-c2ccccc2)cc1. The number of aromatic nitrogens is 2. The molecule has 0 radical (unpaired) electrons. The Bertz CT molecular complexity index is 1710. The Kier molecular flexibility index (Phi) is 5.84. The lowest BCUT2D eigenvalue weighted by molar-refractivity contribution is 0.0998. The molecule has 0 saturated heterocycles. The van der Waals surface area contributed by atoms with E-state index in [-0.39, 0.29) is 15.4 Å². The zero-order valence-electron chi connectivity index (χ0n) is 18.5. The van der Waals surface area contributed by atoms with Gasteiger partial charge in [-0.25, -0.2) is 8.42 Å². The molecule has 0 bridgehead atoms. The minimum Gasteiger partial charge on any atom is -0.365 e. The molecule has 3 N–H and O–H groups in total. The summed E-state index contributed by atoms with van der Waals surface area (Å²) in [6, 6.07) is 29.2. The molecule has 0 aliphatic rings. The van der Waals surface area contributed by atoms with Crippen molar-refractivity contribution < 1.29 is 13.2 Å². The van der Waals surface area contributed by atoms with E-state index < -0.39 is 15.7 Å². The first-order chi connectivity index (χ1) is 16.9. The first-order valence-electron chi connectivity index (χ1n) is 10.9. The predicted molar refractivity (Wildman–Crippen MR) is 139 cm³/mol. The van der Waals surface area contributed by atoms with Crippen LogP contribution in [0.5, 0.6) is 0 Å².